The zero-order chi connectivity index (χ0) is 13.8. The van der Waals surface area contributed by atoms with E-state index in [1.165, 1.54) is 6.92 Å². The molecule has 0 aliphatic carbocycles. The summed E-state index contributed by atoms with van der Waals surface area (Å²) < 4.78 is 0. The number of hydrogen-bond donors (Lipinski definition) is 0. The second-order valence-electron chi connectivity index (χ2n) is 4.89. The highest BCUT2D eigenvalue weighted by atomic mass is 32.1. The number of ketones is 1. The van der Waals surface area contributed by atoms with Gasteiger partial charge in [0.05, 0.1) is 17.1 Å². The summed E-state index contributed by atoms with van der Waals surface area (Å²) in [6.07, 6.45) is 0.0330. The molecule has 104 valence electrons. The van der Waals surface area contributed by atoms with Crippen LogP contribution in [0.25, 0.3) is 0 Å². The fourth-order valence-electron chi connectivity index (χ4n) is 2.19. The van der Waals surface area contributed by atoms with Crippen LogP contribution in [0.1, 0.15) is 24.0 Å². The van der Waals surface area contributed by atoms with E-state index in [4.69, 9.17) is 0 Å². The van der Waals surface area contributed by atoms with Crippen LogP contribution in [0, 0.1) is 6.92 Å². The Morgan fingerprint density at radius 3 is 2.53 bits per heavy atom. The van der Waals surface area contributed by atoms with Crippen LogP contribution >= 0.6 is 11.3 Å². The Morgan fingerprint density at radius 2 is 2.00 bits per heavy atom. The van der Waals surface area contributed by atoms with Crippen molar-refractivity contribution >= 4 is 23.0 Å². The quantitative estimate of drug-likeness (QED) is 0.775. The van der Waals surface area contributed by atoms with E-state index in [-0.39, 0.29) is 18.1 Å². The smallest absolute Gasteiger partial charge is 0.230 e. The van der Waals surface area contributed by atoms with Crippen LogP contribution < -0.4 is 0 Å². The molecule has 2 heterocycles. The predicted molar refractivity (Wildman–Crippen MR) is 74.0 cm³/mol. The van der Waals surface area contributed by atoms with Gasteiger partial charge in [-0.15, -0.1) is 11.3 Å². The van der Waals surface area contributed by atoms with Crippen molar-refractivity contribution in [1.29, 1.82) is 0 Å². The molecule has 5 nitrogen and oxygen atoms in total. The molecule has 0 bridgehead atoms. The second-order valence-corrected chi connectivity index (χ2v) is 5.96. The molecule has 0 atom stereocenters. The monoisotopic (exact) mass is 281 g/mol. The molecule has 2 rings (SSSR count). The van der Waals surface area contributed by atoms with Crippen molar-refractivity contribution < 1.29 is 9.59 Å². The molecule has 1 aliphatic heterocycles. The van der Waals surface area contributed by atoms with Crippen LogP contribution in [0.15, 0.2) is 5.38 Å². The third-order valence-electron chi connectivity index (χ3n) is 3.18. The number of hydrogen-bond acceptors (Lipinski definition) is 5. The SMILES string of the molecule is CC(=O)CC(=O)N1CCN(Cc2csc(C)n2)CC1. The fourth-order valence-corrected chi connectivity index (χ4v) is 2.79. The van der Waals surface area contributed by atoms with Crippen LogP contribution in [0.5, 0.6) is 0 Å². The number of nitrogens with zero attached hydrogens (tertiary/aromatic N) is 3. The van der Waals surface area contributed by atoms with E-state index < -0.39 is 0 Å². The first-order chi connectivity index (χ1) is 9.04. The van der Waals surface area contributed by atoms with Gasteiger partial charge in [0.1, 0.15) is 5.78 Å². The van der Waals surface area contributed by atoms with E-state index >= 15 is 0 Å². The average molecular weight is 281 g/mol. The number of thiazole rings is 1. The maximum Gasteiger partial charge on any atom is 0.230 e. The molecule has 1 saturated heterocycles. The molecule has 1 amide bonds. The maximum atomic E-state index is 11.8. The summed E-state index contributed by atoms with van der Waals surface area (Å²) in [6, 6.07) is 0. The first kappa shape index (κ1) is 14.1. The molecular formula is C13H19N3O2S. The molecule has 1 aromatic heterocycles. The van der Waals surface area contributed by atoms with E-state index in [9.17, 15) is 9.59 Å². The molecule has 0 spiro atoms. The zero-order valence-corrected chi connectivity index (χ0v) is 12.2. The zero-order valence-electron chi connectivity index (χ0n) is 11.4. The number of aromatic nitrogens is 1. The Morgan fingerprint density at radius 1 is 1.32 bits per heavy atom. The molecule has 0 aromatic carbocycles. The van der Waals surface area contributed by atoms with Crippen molar-refractivity contribution in [1.82, 2.24) is 14.8 Å². The van der Waals surface area contributed by atoms with E-state index in [1.807, 2.05) is 6.92 Å². The highest BCUT2D eigenvalue weighted by Crippen LogP contribution is 2.12. The van der Waals surface area contributed by atoms with Crippen LogP contribution in [0.4, 0.5) is 0 Å². The van der Waals surface area contributed by atoms with Gasteiger partial charge in [-0.2, -0.15) is 0 Å². The van der Waals surface area contributed by atoms with Gasteiger partial charge in [-0.3, -0.25) is 14.5 Å². The molecule has 0 radical (unpaired) electrons. The third kappa shape index (κ3) is 4.11. The molecule has 1 aromatic rings. The summed E-state index contributed by atoms with van der Waals surface area (Å²) in [5, 5.41) is 3.17. The highest BCUT2D eigenvalue weighted by molar-refractivity contribution is 7.09. The number of aryl methyl sites for hydroxylation is 1. The van der Waals surface area contributed by atoms with Crippen LogP contribution in [0.2, 0.25) is 0 Å². The van der Waals surface area contributed by atoms with Crippen LogP contribution in [-0.4, -0.2) is 52.7 Å². The molecule has 1 fully saturated rings. The van der Waals surface area contributed by atoms with E-state index in [2.05, 4.69) is 15.3 Å². The lowest BCUT2D eigenvalue weighted by atomic mass is 10.2. The predicted octanol–water partition coefficient (Wildman–Crippen LogP) is 1.07. The molecule has 0 N–H and O–H groups in total. The van der Waals surface area contributed by atoms with Gasteiger partial charge in [0.25, 0.3) is 0 Å². The first-order valence-electron chi connectivity index (χ1n) is 6.45. The summed E-state index contributed by atoms with van der Waals surface area (Å²) in [7, 11) is 0. The number of amides is 1. The minimum atomic E-state index is -0.0645. The van der Waals surface area contributed by atoms with Gasteiger partial charge in [0.15, 0.2) is 0 Å². The van der Waals surface area contributed by atoms with Gasteiger partial charge in [-0.1, -0.05) is 0 Å². The Balaban J connectivity index is 1.79. The molecule has 0 saturated carbocycles. The largest absolute Gasteiger partial charge is 0.340 e. The Bertz CT molecular complexity index is 464. The highest BCUT2D eigenvalue weighted by Gasteiger charge is 2.22. The Hall–Kier alpha value is -1.27. The van der Waals surface area contributed by atoms with Crippen molar-refractivity contribution in [3.63, 3.8) is 0 Å². The number of carbonyl (C=O) groups excluding carboxylic acids is 2. The minimum absolute atomic E-state index is 0.0330. The Kier molecular flexibility index (Phi) is 4.66. The number of carbonyl (C=O) groups is 2. The number of piperazine rings is 1. The van der Waals surface area contributed by atoms with Crippen LogP contribution in [0.3, 0.4) is 0 Å². The summed E-state index contributed by atoms with van der Waals surface area (Å²) in [4.78, 5) is 31.2. The van der Waals surface area contributed by atoms with Gasteiger partial charge in [-0.05, 0) is 13.8 Å². The van der Waals surface area contributed by atoms with Gasteiger partial charge in [0, 0.05) is 38.1 Å². The molecular weight excluding hydrogens is 262 g/mol. The Labute approximate surface area is 117 Å². The number of Topliss-reactive ketones (excluding diaryl/α,β-unsaturated/α-hetero) is 1. The van der Waals surface area contributed by atoms with Gasteiger partial charge < -0.3 is 4.90 Å². The lowest BCUT2D eigenvalue weighted by Crippen LogP contribution is -2.48. The summed E-state index contributed by atoms with van der Waals surface area (Å²) in [6.45, 7) is 7.41. The molecule has 0 unspecified atom stereocenters. The van der Waals surface area contributed by atoms with Crippen molar-refractivity contribution in [2.75, 3.05) is 26.2 Å². The summed E-state index contributed by atoms with van der Waals surface area (Å²) >= 11 is 1.67. The maximum absolute atomic E-state index is 11.8. The van der Waals surface area contributed by atoms with Crippen molar-refractivity contribution in [2.24, 2.45) is 0 Å². The normalized spacial score (nSPS) is 16.6. The van der Waals surface area contributed by atoms with Crippen molar-refractivity contribution in [3.05, 3.63) is 16.1 Å². The first-order valence-corrected chi connectivity index (χ1v) is 7.33. The second kappa shape index (κ2) is 6.25. The lowest BCUT2D eigenvalue weighted by Gasteiger charge is -2.34. The molecule has 6 heteroatoms. The molecule has 1 aliphatic rings. The minimum Gasteiger partial charge on any atom is -0.340 e. The summed E-state index contributed by atoms with van der Waals surface area (Å²) in [5.74, 6) is -0.109. The third-order valence-corrected chi connectivity index (χ3v) is 4.00. The molecule has 19 heavy (non-hydrogen) atoms. The van der Waals surface area contributed by atoms with E-state index in [1.54, 1.807) is 16.2 Å². The number of rotatable bonds is 4. The van der Waals surface area contributed by atoms with Gasteiger partial charge in [-0.25, -0.2) is 4.98 Å². The fraction of sp³-hybridized carbons (Fsp3) is 0.615. The van der Waals surface area contributed by atoms with Crippen molar-refractivity contribution in [2.45, 2.75) is 26.8 Å². The van der Waals surface area contributed by atoms with Gasteiger partial charge >= 0.3 is 0 Å². The van der Waals surface area contributed by atoms with Gasteiger partial charge in [0.2, 0.25) is 5.91 Å². The standard InChI is InChI=1S/C13H19N3O2S/c1-10(17)7-13(18)16-5-3-15(4-6-16)8-12-9-19-11(2)14-12/h9H,3-8H2,1-2H3. The summed E-state index contributed by atoms with van der Waals surface area (Å²) in [5.41, 5.74) is 1.10. The van der Waals surface area contributed by atoms with E-state index in [0.717, 1.165) is 30.3 Å². The average Bonchev–Trinajstić information content (AvgIpc) is 2.75. The van der Waals surface area contributed by atoms with Crippen LogP contribution in [-0.2, 0) is 16.1 Å². The van der Waals surface area contributed by atoms with E-state index in [0.29, 0.717) is 13.1 Å². The lowest BCUT2D eigenvalue weighted by molar-refractivity contribution is -0.136. The van der Waals surface area contributed by atoms with Crippen molar-refractivity contribution in [3.8, 4) is 0 Å². The topological polar surface area (TPSA) is 53.5 Å².